The molecular formula is C15H27NO4. The third-order valence-electron chi connectivity index (χ3n) is 2.82. The van der Waals surface area contributed by atoms with Gasteiger partial charge in [-0.1, -0.05) is 6.92 Å². The summed E-state index contributed by atoms with van der Waals surface area (Å²) in [5.74, 6) is 0.911. The summed E-state index contributed by atoms with van der Waals surface area (Å²) in [5, 5.41) is 3.36. The molecule has 1 N–H and O–H groups in total. The lowest BCUT2D eigenvalue weighted by atomic mass is 10.2. The van der Waals surface area contributed by atoms with Crippen LogP contribution in [-0.2, 0) is 27.4 Å². The molecule has 0 saturated carbocycles. The summed E-state index contributed by atoms with van der Waals surface area (Å²) in [6.07, 6.45) is 3.73. The van der Waals surface area contributed by atoms with Crippen LogP contribution in [0.4, 0.5) is 0 Å². The minimum absolute atomic E-state index is 0.522. The lowest BCUT2D eigenvalue weighted by Crippen LogP contribution is -2.14. The van der Waals surface area contributed by atoms with Gasteiger partial charge in [0.25, 0.3) is 0 Å². The first-order valence-electron chi connectivity index (χ1n) is 7.28. The Bertz CT molecular complexity index is 327. The van der Waals surface area contributed by atoms with Gasteiger partial charge in [0.05, 0.1) is 19.5 Å². The minimum Gasteiger partial charge on any atom is -0.467 e. The van der Waals surface area contributed by atoms with Crippen molar-refractivity contribution in [2.45, 2.75) is 32.9 Å². The number of hydrogen-bond donors (Lipinski definition) is 1. The van der Waals surface area contributed by atoms with Crippen LogP contribution in [-0.4, -0.2) is 40.1 Å². The monoisotopic (exact) mass is 285 g/mol. The molecule has 1 aromatic heterocycles. The van der Waals surface area contributed by atoms with Crippen molar-refractivity contribution in [3.63, 3.8) is 0 Å². The van der Waals surface area contributed by atoms with E-state index < -0.39 is 0 Å². The van der Waals surface area contributed by atoms with Crippen molar-refractivity contribution in [1.29, 1.82) is 0 Å². The van der Waals surface area contributed by atoms with Crippen LogP contribution in [0, 0.1) is 0 Å². The fraction of sp³-hybridized carbons (Fsp3) is 0.733. The topological polar surface area (TPSA) is 52.9 Å². The predicted molar refractivity (Wildman–Crippen MR) is 77.7 cm³/mol. The number of furan rings is 1. The van der Waals surface area contributed by atoms with E-state index in [9.17, 15) is 0 Å². The highest BCUT2D eigenvalue weighted by molar-refractivity contribution is 5.16. The van der Waals surface area contributed by atoms with Crippen LogP contribution in [0.15, 0.2) is 16.7 Å². The molecule has 0 aromatic carbocycles. The van der Waals surface area contributed by atoms with Crippen LogP contribution >= 0.6 is 0 Å². The molecule has 0 amide bonds. The first-order valence-corrected chi connectivity index (χ1v) is 7.28. The zero-order valence-electron chi connectivity index (χ0n) is 12.7. The molecule has 1 aromatic rings. The van der Waals surface area contributed by atoms with E-state index in [1.807, 2.05) is 6.07 Å². The highest BCUT2D eigenvalue weighted by atomic mass is 16.5. The van der Waals surface area contributed by atoms with Gasteiger partial charge < -0.3 is 23.9 Å². The van der Waals surface area contributed by atoms with E-state index >= 15 is 0 Å². The first-order chi connectivity index (χ1) is 9.88. The Morgan fingerprint density at radius 2 is 2.00 bits per heavy atom. The maximum Gasteiger partial charge on any atom is 0.133 e. The quantitative estimate of drug-likeness (QED) is 0.564. The Kier molecular flexibility index (Phi) is 10.2. The molecule has 0 aliphatic rings. The van der Waals surface area contributed by atoms with Gasteiger partial charge in [0.2, 0.25) is 0 Å². The highest BCUT2D eigenvalue weighted by Crippen LogP contribution is 2.11. The Morgan fingerprint density at radius 3 is 2.80 bits per heavy atom. The summed E-state index contributed by atoms with van der Waals surface area (Å²) < 4.78 is 21.3. The maximum absolute atomic E-state index is 5.60. The summed E-state index contributed by atoms with van der Waals surface area (Å²) in [4.78, 5) is 0. The lowest BCUT2D eigenvalue weighted by Gasteiger charge is -2.06. The molecule has 0 spiro atoms. The molecule has 20 heavy (non-hydrogen) atoms. The third-order valence-corrected chi connectivity index (χ3v) is 2.82. The number of methoxy groups -OCH3 is 1. The van der Waals surface area contributed by atoms with E-state index in [1.165, 1.54) is 5.56 Å². The summed E-state index contributed by atoms with van der Waals surface area (Å²) in [7, 11) is 1.67. The summed E-state index contributed by atoms with van der Waals surface area (Å²) in [6.45, 7) is 7.19. The number of nitrogens with one attached hydrogen (secondary N) is 1. The van der Waals surface area contributed by atoms with Crippen LogP contribution in [0.2, 0.25) is 0 Å². The van der Waals surface area contributed by atoms with E-state index in [4.69, 9.17) is 18.6 Å². The molecule has 116 valence electrons. The molecule has 0 fully saturated rings. The smallest absolute Gasteiger partial charge is 0.133 e. The molecule has 1 rings (SSSR count). The van der Waals surface area contributed by atoms with Gasteiger partial charge in [0, 0.05) is 32.4 Å². The van der Waals surface area contributed by atoms with E-state index in [2.05, 4.69) is 12.2 Å². The largest absolute Gasteiger partial charge is 0.467 e. The normalized spacial score (nSPS) is 11.1. The SMILES string of the molecule is CCCNCc1ccoc1COCCCOCCOC. The van der Waals surface area contributed by atoms with Crippen molar-refractivity contribution in [2.24, 2.45) is 0 Å². The fourth-order valence-corrected chi connectivity index (χ4v) is 1.72. The van der Waals surface area contributed by atoms with Gasteiger partial charge >= 0.3 is 0 Å². The molecule has 0 radical (unpaired) electrons. The lowest BCUT2D eigenvalue weighted by molar-refractivity contribution is 0.0451. The third kappa shape index (κ3) is 7.65. The standard InChI is InChI=1S/C15H27NO4/c1-3-6-16-12-14-5-9-20-15(14)13-19-8-4-7-18-11-10-17-2/h5,9,16H,3-4,6-8,10-13H2,1-2H3. The van der Waals surface area contributed by atoms with Crippen LogP contribution in [0.5, 0.6) is 0 Å². The zero-order valence-corrected chi connectivity index (χ0v) is 12.7. The van der Waals surface area contributed by atoms with E-state index in [0.717, 1.165) is 31.7 Å². The van der Waals surface area contributed by atoms with E-state index in [1.54, 1.807) is 13.4 Å². The molecule has 1 heterocycles. The maximum atomic E-state index is 5.60. The van der Waals surface area contributed by atoms with E-state index in [-0.39, 0.29) is 0 Å². The van der Waals surface area contributed by atoms with Gasteiger partial charge in [-0.25, -0.2) is 0 Å². The predicted octanol–water partition coefficient (Wildman–Crippen LogP) is 2.35. The zero-order chi connectivity index (χ0) is 14.5. The molecule has 0 aliphatic heterocycles. The van der Waals surface area contributed by atoms with Crippen LogP contribution in [0.1, 0.15) is 31.1 Å². The molecule has 0 atom stereocenters. The fourth-order valence-electron chi connectivity index (χ4n) is 1.72. The van der Waals surface area contributed by atoms with Crippen molar-refractivity contribution in [2.75, 3.05) is 40.1 Å². The minimum atomic E-state index is 0.522. The molecule has 0 bridgehead atoms. The second-order valence-electron chi connectivity index (χ2n) is 4.56. The summed E-state index contributed by atoms with van der Waals surface area (Å²) >= 11 is 0. The van der Waals surface area contributed by atoms with Crippen molar-refractivity contribution in [1.82, 2.24) is 5.32 Å². The van der Waals surface area contributed by atoms with Gasteiger partial charge in [-0.3, -0.25) is 0 Å². The van der Waals surface area contributed by atoms with Crippen LogP contribution in [0.25, 0.3) is 0 Å². The molecule has 0 unspecified atom stereocenters. The first kappa shape index (κ1) is 17.2. The summed E-state index contributed by atoms with van der Waals surface area (Å²) in [5.41, 5.74) is 1.18. The van der Waals surface area contributed by atoms with Gasteiger partial charge in [0.1, 0.15) is 12.4 Å². The molecule has 0 saturated heterocycles. The van der Waals surface area contributed by atoms with Gasteiger partial charge in [-0.2, -0.15) is 0 Å². The molecular weight excluding hydrogens is 258 g/mol. The Balaban J connectivity index is 2.05. The van der Waals surface area contributed by atoms with Crippen molar-refractivity contribution in [3.05, 3.63) is 23.7 Å². The van der Waals surface area contributed by atoms with Gasteiger partial charge in [0.15, 0.2) is 0 Å². The van der Waals surface area contributed by atoms with Gasteiger partial charge in [-0.05, 0) is 25.5 Å². The average Bonchev–Trinajstić information content (AvgIpc) is 2.90. The van der Waals surface area contributed by atoms with Crippen LogP contribution < -0.4 is 5.32 Å². The van der Waals surface area contributed by atoms with Crippen molar-refractivity contribution in [3.8, 4) is 0 Å². The number of rotatable bonds is 13. The Hall–Kier alpha value is -0.880. The van der Waals surface area contributed by atoms with Crippen molar-refractivity contribution >= 4 is 0 Å². The van der Waals surface area contributed by atoms with Crippen molar-refractivity contribution < 1.29 is 18.6 Å². The second-order valence-corrected chi connectivity index (χ2v) is 4.56. The summed E-state index contributed by atoms with van der Waals surface area (Å²) in [6, 6.07) is 2.00. The molecule has 0 aliphatic carbocycles. The highest BCUT2D eigenvalue weighted by Gasteiger charge is 2.05. The Morgan fingerprint density at radius 1 is 1.15 bits per heavy atom. The van der Waals surface area contributed by atoms with E-state index in [0.29, 0.717) is 33.0 Å². The Labute approximate surface area is 121 Å². The average molecular weight is 285 g/mol. The van der Waals surface area contributed by atoms with Crippen LogP contribution in [0.3, 0.4) is 0 Å². The molecule has 5 heteroatoms. The van der Waals surface area contributed by atoms with Gasteiger partial charge in [-0.15, -0.1) is 0 Å². The number of ether oxygens (including phenoxy) is 3. The number of hydrogen-bond acceptors (Lipinski definition) is 5. The molecule has 5 nitrogen and oxygen atoms in total. The second kappa shape index (κ2) is 11.9.